The third kappa shape index (κ3) is 3.69. The molecule has 0 unspecified atom stereocenters. The fourth-order valence-electron chi connectivity index (χ4n) is 0.910. The third-order valence-corrected chi connectivity index (χ3v) is 3.91. The summed E-state index contributed by atoms with van der Waals surface area (Å²) in [4.78, 5) is 12.0. The lowest BCUT2D eigenvalue weighted by molar-refractivity contribution is 0.0702. The first-order valence-corrected chi connectivity index (χ1v) is 6.21. The van der Waals surface area contributed by atoms with Gasteiger partial charge in [-0.1, -0.05) is 0 Å². The molecule has 1 aromatic rings. The lowest BCUT2D eigenvalue weighted by Crippen LogP contribution is -1.89. The van der Waals surface area contributed by atoms with Crippen molar-refractivity contribution in [1.29, 1.82) is 0 Å². The summed E-state index contributed by atoms with van der Waals surface area (Å²) in [5.74, 6) is 0.885. The van der Waals surface area contributed by atoms with E-state index in [-0.39, 0.29) is 6.61 Å². The summed E-state index contributed by atoms with van der Waals surface area (Å²) in [5.41, 5.74) is 0. The second kappa shape index (κ2) is 6.06. The number of aliphatic hydroxyl groups is 1. The van der Waals surface area contributed by atoms with Gasteiger partial charge in [0.15, 0.2) is 0 Å². The fourth-order valence-corrected chi connectivity index (χ4v) is 2.81. The molecule has 1 aromatic heterocycles. The fraction of sp³-hybridized carbons (Fsp3) is 0.444. The molecule has 0 fully saturated rings. The second-order valence-electron chi connectivity index (χ2n) is 2.70. The Balaban J connectivity index is 2.33. The van der Waals surface area contributed by atoms with Crippen LogP contribution in [0.3, 0.4) is 0 Å². The molecule has 78 valence electrons. The first-order chi connectivity index (χ1) is 6.74. The van der Waals surface area contributed by atoms with Crippen molar-refractivity contribution in [2.24, 2.45) is 0 Å². The molecule has 0 atom stereocenters. The summed E-state index contributed by atoms with van der Waals surface area (Å²) in [7, 11) is 0. The highest BCUT2D eigenvalue weighted by atomic mass is 32.2. The zero-order valence-corrected chi connectivity index (χ0v) is 9.24. The molecule has 0 aliphatic rings. The average Bonchev–Trinajstić information content (AvgIpc) is 2.61. The molecule has 0 aliphatic carbocycles. The Labute approximate surface area is 90.8 Å². The van der Waals surface area contributed by atoms with Crippen LogP contribution in [0.15, 0.2) is 12.1 Å². The zero-order chi connectivity index (χ0) is 10.4. The van der Waals surface area contributed by atoms with Crippen molar-refractivity contribution in [3.8, 4) is 0 Å². The highest BCUT2D eigenvalue weighted by Gasteiger charge is 2.06. The largest absolute Gasteiger partial charge is 0.477 e. The van der Waals surface area contributed by atoms with Crippen molar-refractivity contribution >= 4 is 29.1 Å². The van der Waals surface area contributed by atoms with Gasteiger partial charge >= 0.3 is 5.97 Å². The molecule has 0 aromatic carbocycles. The Morgan fingerprint density at radius 2 is 2.29 bits per heavy atom. The molecule has 0 aliphatic heterocycles. The van der Waals surface area contributed by atoms with E-state index >= 15 is 0 Å². The summed E-state index contributed by atoms with van der Waals surface area (Å²) in [6, 6.07) is 3.48. The number of thioether (sulfide) groups is 1. The maximum Gasteiger partial charge on any atom is 0.345 e. The molecule has 0 saturated heterocycles. The van der Waals surface area contributed by atoms with E-state index in [1.54, 1.807) is 17.8 Å². The molecule has 14 heavy (non-hydrogen) atoms. The monoisotopic (exact) mass is 232 g/mol. The average molecular weight is 232 g/mol. The quantitative estimate of drug-likeness (QED) is 0.737. The van der Waals surface area contributed by atoms with Gasteiger partial charge in [-0.15, -0.1) is 11.3 Å². The normalized spacial score (nSPS) is 10.4. The van der Waals surface area contributed by atoms with Gasteiger partial charge in [0, 0.05) is 17.2 Å². The molecule has 0 bridgehead atoms. The molecule has 0 spiro atoms. The van der Waals surface area contributed by atoms with Crippen molar-refractivity contribution in [1.82, 2.24) is 0 Å². The molecule has 3 nitrogen and oxygen atoms in total. The molecule has 1 heterocycles. The summed E-state index contributed by atoms with van der Waals surface area (Å²) in [6.07, 6.45) is 0.793. The van der Waals surface area contributed by atoms with Crippen molar-refractivity contribution in [3.63, 3.8) is 0 Å². The highest BCUT2D eigenvalue weighted by Crippen LogP contribution is 2.21. The van der Waals surface area contributed by atoms with E-state index in [0.29, 0.717) is 4.88 Å². The van der Waals surface area contributed by atoms with Crippen LogP contribution in [0.5, 0.6) is 0 Å². The van der Waals surface area contributed by atoms with E-state index in [0.717, 1.165) is 22.8 Å². The van der Waals surface area contributed by atoms with Gasteiger partial charge in [-0.25, -0.2) is 4.79 Å². The van der Waals surface area contributed by atoms with Gasteiger partial charge in [-0.2, -0.15) is 11.8 Å². The van der Waals surface area contributed by atoms with Crippen LogP contribution in [0.25, 0.3) is 0 Å². The van der Waals surface area contributed by atoms with Gasteiger partial charge in [-0.3, -0.25) is 0 Å². The number of rotatable bonds is 6. The van der Waals surface area contributed by atoms with E-state index in [2.05, 4.69) is 0 Å². The minimum Gasteiger partial charge on any atom is -0.477 e. The van der Waals surface area contributed by atoms with Crippen molar-refractivity contribution in [2.45, 2.75) is 12.2 Å². The minimum absolute atomic E-state index is 0.220. The van der Waals surface area contributed by atoms with E-state index in [4.69, 9.17) is 10.2 Å². The van der Waals surface area contributed by atoms with Crippen molar-refractivity contribution in [3.05, 3.63) is 21.9 Å². The van der Waals surface area contributed by atoms with E-state index in [1.165, 1.54) is 11.3 Å². The van der Waals surface area contributed by atoms with Crippen LogP contribution in [0.4, 0.5) is 0 Å². The Morgan fingerprint density at radius 3 is 2.86 bits per heavy atom. The lowest BCUT2D eigenvalue weighted by Gasteiger charge is -1.96. The van der Waals surface area contributed by atoms with Crippen LogP contribution in [0.2, 0.25) is 0 Å². The molecular formula is C9H12O3S2. The second-order valence-corrected chi connectivity index (χ2v) is 4.97. The Hall–Kier alpha value is -0.520. The van der Waals surface area contributed by atoms with Gasteiger partial charge in [0.2, 0.25) is 0 Å². The molecule has 5 heteroatoms. The Bertz CT molecular complexity index is 296. The maximum atomic E-state index is 10.6. The number of hydrogen-bond donors (Lipinski definition) is 2. The molecule has 0 radical (unpaired) electrons. The lowest BCUT2D eigenvalue weighted by atomic mass is 10.4. The summed E-state index contributed by atoms with van der Waals surface area (Å²) >= 11 is 3.03. The molecule has 0 saturated carbocycles. The summed E-state index contributed by atoms with van der Waals surface area (Å²) in [6.45, 7) is 0.220. The van der Waals surface area contributed by atoms with Crippen LogP contribution >= 0.6 is 23.1 Å². The summed E-state index contributed by atoms with van der Waals surface area (Å²) < 4.78 is 0. The predicted octanol–water partition coefficient (Wildman–Crippen LogP) is 2.06. The van der Waals surface area contributed by atoms with E-state index in [9.17, 15) is 4.79 Å². The number of carboxylic acids is 1. The van der Waals surface area contributed by atoms with E-state index in [1.807, 2.05) is 6.07 Å². The van der Waals surface area contributed by atoms with Crippen molar-refractivity contribution < 1.29 is 15.0 Å². The van der Waals surface area contributed by atoms with Crippen molar-refractivity contribution in [2.75, 3.05) is 12.4 Å². The Kier molecular flexibility index (Phi) is 5.00. The molecular weight excluding hydrogens is 220 g/mol. The third-order valence-electron chi connectivity index (χ3n) is 1.56. The van der Waals surface area contributed by atoms with E-state index < -0.39 is 5.97 Å². The minimum atomic E-state index is -0.860. The smallest absolute Gasteiger partial charge is 0.345 e. The SMILES string of the molecule is O=C(O)c1ccc(CSCCCO)s1. The highest BCUT2D eigenvalue weighted by molar-refractivity contribution is 7.98. The first kappa shape index (κ1) is 11.6. The number of carboxylic acid groups (broad SMARTS) is 1. The maximum absolute atomic E-state index is 10.6. The van der Waals surface area contributed by atoms with Gasteiger partial charge in [0.25, 0.3) is 0 Å². The number of carbonyl (C=O) groups is 1. The predicted molar refractivity (Wildman–Crippen MR) is 59.1 cm³/mol. The molecule has 2 N–H and O–H groups in total. The molecule has 1 rings (SSSR count). The van der Waals surface area contributed by atoms with Gasteiger partial charge in [0.1, 0.15) is 4.88 Å². The topological polar surface area (TPSA) is 57.5 Å². The van der Waals surface area contributed by atoms with Gasteiger partial charge < -0.3 is 10.2 Å². The van der Waals surface area contributed by atoms with Gasteiger partial charge in [-0.05, 0) is 24.3 Å². The number of thiophene rings is 1. The van der Waals surface area contributed by atoms with Crippen LogP contribution in [0.1, 0.15) is 21.0 Å². The van der Waals surface area contributed by atoms with Crippen LogP contribution in [-0.4, -0.2) is 28.5 Å². The number of hydrogen-bond acceptors (Lipinski definition) is 4. The first-order valence-electron chi connectivity index (χ1n) is 4.24. The van der Waals surface area contributed by atoms with Crippen LogP contribution in [-0.2, 0) is 5.75 Å². The van der Waals surface area contributed by atoms with Crippen LogP contribution in [0, 0.1) is 0 Å². The molecule has 0 amide bonds. The number of aliphatic hydroxyl groups excluding tert-OH is 1. The standard InChI is InChI=1S/C9H12O3S2/c10-4-1-5-13-6-7-2-3-8(14-7)9(11)12/h2-3,10H,1,4-6H2,(H,11,12). The Morgan fingerprint density at radius 1 is 1.50 bits per heavy atom. The number of aromatic carboxylic acids is 1. The zero-order valence-electron chi connectivity index (χ0n) is 7.60. The van der Waals surface area contributed by atoms with Crippen LogP contribution < -0.4 is 0 Å². The summed E-state index contributed by atoms with van der Waals surface area (Å²) in [5, 5.41) is 17.2. The van der Waals surface area contributed by atoms with Gasteiger partial charge in [0.05, 0.1) is 0 Å².